The highest BCUT2D eigenvalue weighted by atomic mass is 16.2. The molecule has 0 aromatic carbocycles. The summed E-state index contributed by atoms with van der Waals surface area (Å²) in [6, 6.07) is -0.508. The predicted molar refractivity (Wildman–Crippen MR) is 62.9 cm³/mol. The molecular weight excluding hydrogens is 204 g/mol. The van der Waals surface area contributed by atoms with Crippen LogP contribution >= 0.6 is 0 Å². The van der Waals surface area contributed by atoms with E-state index in [1.54, 1.807) is 23.9 Å². The summed E-state index contributed by atoms with van der Waals surface area (Å²) in [6.07, 6.45) is 3.34. The molecule has 1 aliphatic heterocycles. The maximum Gasteiger partial charge on any atom is 0.245 e. The van der Waals surface area contributed by atoms with Crippen molar-refractivity contribution in [2.45, 2.75) is 51.6 Å². The lowest BCUT2D eigenvalue weighted by atomic mass is 9.99. The van der Waals surface area contributed by atoms with Crippen LogP contribution in [0.15, 0.2) is 0 Å². The number of amides is 2. The molecule has 0 radical (unpaired) electrons. The zero-order valence-corrected chi connectivity index (χ0v) is 10.7. The molecule has 2 atom stereocenters. The fourth-order valence-corrected chi connectivity index (χ4v) is 2.29. The maximum atomic E-state index is 12.1. The van der Waals surface area contributed by atoms with Gasteiger partial charge < -0.3 is 9.80 Å². The van der Waals surface area contributed by atoms with Crippen LogP contribution in [0.1, 0.15) is 39.5 Å². The van der Waals surface area contributed by atoms with Crippen LogP contribution in [0, 0.1) is 0 Å². The molecule has 0 bridgehead atoms. The Labute approximate surface area is 97.6 Å². The minimum absolute atomic E-state index is 0.0856. The fraction of sp³-hybridized carbons (Fsp3) is 0.833. The SMILES string of the molecule is CCC[C@@H]1C(=O)N(C)[C@@H](CCC)C(=O)N1C. The van der Waals surface area contributed by atoms with Gasteiger partial charge in [0.2, 0.25) is 11.8 Å². The molecule has 4 nitrogen and oxygen atoms in total. The molecule has 2 amide bonds. The molecule has 0 unspecified atom stereocenters. The summed E-state index contributed by atoms with van der Waals surface area (Å²) in [5.74, 6) is 0.171. The molecule has 0 N–H and O–H groups in total. The lowest BCUT2D eigenvalue weighted by molar-refractivity contribution is -0.159. The van der Waals surface area contributed by atoms with Gasteiger partial charge in [0.25, 0.3) is 0 Å². The second-order valence-corrected chi connectivity index (χ2v) is 4.51. The fourth-order valence-electron chi connectivity index (χ4n) is 2.29. The zero-order valence-electron chi connectivity index (χ0n) is 10.7. The van der Waals surface area contributed by atoms with Crippen LogP contribution in [0.5, 0.6) is 0 Å². The van der Waals surface area contributed by atoms with E-state index in [0.717, 1.165) is 25.7 Å². The molecule has 1 fully saturated rings. The highest BCUT2D eigenvalue weighted by molar-refractivity contribution is 5.96. The topological polar surface area (TPSA) is 40.6 Å². The van der Waals surface area contributed by atoms with Crippen molar-refractivity contribution in [3.63, 3.8) is 0 Å². The first kappa shape index (κ1) is 13.0. The van der Waals surface area contributed by atoms with Crippen molar-refractivity contribution in [1.29, 1.82) is 0 Å². The first-order chi connectivity index (χ1) is 7.54. The lowest BCUT2D eigenvalue weighted by Gasteiger charge is -2.41. The zero-order chi connectivity index (χ0) is 12.3. The third-order valence-corrected chi connectivity index (χ3v) is 3.32. The summed E-state index contributed by atoms with van der Waals surface area (Å²) >= 11 is 0. The second kappa shape index (κ2) is 5.32. The molecule has 0 aliphatic carbocycles. The number of hydrogen-bond acceptors (Lipinski definition) is 2. The summed E-state index contributed by atoms with van der Waals surface area (Å²) in [6.45, 7) is 4.06. The van der Waals surface area contributed by atoms with Gasteiger partial charge in [0.15, 0.2) is 0 Å². The molecule has 0 aromatic heterocycles. The molecule has 0 aromatic rings. The largest absolute Gasteiger partial charge is 0.332 e. The Morgan fingerprint density at radius 2 is 1.19 bits per heavy atom. The Balaban J connectivity index is 2.86. The summed E-state index contributed by atoms with van der Waals surface area (Å²) in [7, 11) is 3.49. The highest BCUT2D eigenvalue weighted by Gasteiger charge is 2.41. The number of rotatable bonds is 4. The van der Waals surface area contributed by atoms with Crippen LogP contribution in [-0.2, 0) is 9.59 Å². The molecule has 1 aliphatic rings. The second-order valence-electron chi connectivity index (χ2n) is 4.51. The average molecular weight is 226 g/mol. The quantitative estimate of drug-likeness (QED) is 0.724. The molecule has 16 heavy (non-hydrogen) atoms. The number of piperazine rings is 1. The van der Waals surface area contributed by atoms with Crippen molar-refractivity contribution in [2.24, 2.45) is 0 Å². The van der Waals surface area contributed by atoms with E-state index in [1.165, 1.54) is 0 Å². The summed E-state index contributed by atoms with van der Waals surface area (Å²) in [4.78, 5) is 27.4. The molecule has 4 heteroatoms. The minimum atomic E-state index is -0.254. The smallest absolute Gasteiger partial charge is 0.245 e. The van der Waals surface area contributed by atoms with E-state index in [0.29, 0.717) is 0 Å². The van der Waals surface area contributed by atoms with Crippen molar-refractivity contribution in [1.82, 2.24) is 9.80 Å². The molecule has 0 spiro atoms. The monoisotopic (exact) mass is 226 g/mol. The van der Waals surface area contributed by atoms with Gasteiger partial charge in [0.1, 0.15) is 12.1 Å². The third-order valence-electron chi connectivity index (χ3n) is 3.32. The number of likely N-dealkylation sites (N-methyl/N-ethyl adjacent to an activating group) is 2. The van der Waals surface area contributed by atoms with Crippen LogP contribution < -0.4 is 0 Å². The van der Waals surface area contributed by atoms with E-state index in [9.17, 15) is 9.59 Å². The van der Waals surface area contributed by atoms with Crippen LogP contribution in [0.3, 0.4) is 0 Å². The van der Waals surface area contributed by atoms with Gasteiger partial charge >= 0.3 is 0 Å². The van der Waals surface area contributed by atoms with E-state index in [4.69, 9.17) is 0 Å². The number of carbonyl (C=O) groups excluding carboxylic acids is 2. The van der Waals surface area contributed by atoms with Crippen molar-refractivity contribution in [2.75, 3.05) is 14.1 Å². The van der Waals surface area contributed by atoms with Crippen LogP contribution in [-0.4, -0.2) is 47.8 Å². The Morgan fingerprint density at radius 3 is 1.44 bits per heavy atom. The van der Waals surface area contributed by atoms with E-state index >= 15 is 0 Å². The highest BCUT2D eigenvalue weighted by Crippen LogP contribution is 2.21. The van der Waals surface area contributed by atoms with Gasteiger partial charge in [0.05, 0.1) is 0 Å². The lowest BCUT2D eigenvalue weighted by Crippen LogP contribution is -2.62. The minimum Gasteiger partial charge on any atom is -0.332 e. The molecule has 1 heterocycles. The average Bonchev–Trinajstić information content (AvgIpc) is 2.28. The number of hydrogen-bond donors (Lipinski definition) is 0. The summed E-state index contributed by atoms with van der Waals surface area (Å²) in [5.41, 5.74) is 0. The maximum absolute atomic E-state index is 12.1. The van der Waals surface area contributed by atoms with Gasteiger partial charge in [-0.15, -0.1) is 0 Å². The van der Waals surface area contributed by atoms with Gasteiger partial charge in [-0.3, -0.25) is 9.59 Å². The number of carbonyl (C=O) groups is 2. The van der Waals surface area contributed by atoms with Crippen LogP contribution in [0.2, 0.25) is 0 Å². The molecule has 0 saturated carbocycles. The van der Waals surface area contributed by atoms with Crippen molar-refractivity contribution in [3.8, 4) is 0 Å². The van der Waals surface area contributed by atoms with E-state index in [2.05, 4.69) is 0 Å². The molecule has 92 valence electrons. The van der Waals surface area contributed by atoms with Gasteiger partial charge in [0, 0.05) is 14.1 Å². The van der Waals surface area contributed by atoms with Gasteiger partial charge in [-0.1, -0.05) is 26.7 Å². The normalized spacial score (nSPS) is 26.5. The Bertz CT molecular complexity index is 250. The van der Waals surface area contributed by atoms with Gasteiger partial charge in [-0.25, -0.2) is 0 Å². The van der Waals surface area contributed by atoms with E-state index < -0.39 is 0 Å². The van der Waals surface area contributed by atoms with Crippen LogP contribution in [0.25, 0.3) is 0 Å². The van der Waals surface area contributed by atoms with E-state index in [1.807, 2.05) is 13.8 Å². The van der Waals surface area contributed by atoms with Crippen molar-refractivity contribution >= 4 is 11.8 Å². The van der Waals surface area contributed by atoms with Crippen LogP contribution in [0.4, 0.5) is 0 Å². The van der Waals surface area contributed by atoms with Gasteiger partial charge in [-0.05, 0) is 12.8 Å². The van der Waals surface area contributed by atoms with Crippen molar-refractivity contribution in [3.05, 3.63) is 0 Å². The van der Waals surface area contributed by atoms with Gasteiger partial charge in [-0.2, -0.15) is 0 Å². The van der Waals surface area contributed by atoms with Crippen molar-refractivity contribution < 1.29 is 9.59 Å². The molecule has 1 rings (SSSR count). The Morgan fingerprint density at radius 1 is 0.875 bits per heavy atom. The molecular formula is C12H22N2O2. The first-order valence-electron chi connectivity index (χ1n) is 6.07. The predicted octanol–water partition coefficient (Wildman–Crippen LogP) is 1.25. The number of nitrogens with zero attached hydrogens (tertiary/aromatic N) is 2. The Hall–Kier alpha value is -1.06. The summed E-state index contributed by atoms with van der Waals surface area (Å²) in [5, 5.41) is 0. The third kappa shape index (κ3) is 2.20. The Kier molecular flexibility index (Phi) is 4.33. The summed E-state index contributed by atoms with van der Waals surface area (Å²) < 4.78 is 0. The standard InChI is InChI=1S/C12H22N2O2/c1-5-7-9-11(15)14(4)10(8-6-2)12(16)13(9)3/h9-10H,5-8H2,1-4H3/t9-,10+. The van der Waals surface area contributed by atoms with E-state index in [-0.39, 0.29) is 23.9 Å². The first-order valence-corrected chi connectivity index (χ1v) is 6.07. The molecule has 1 saturated heterocycles.